The predicted molar refractivity (Wildman–Crippen MR) is 280 cm³/mol. The SMILES string of the molecule is Cc1cc2c(cc1N1c3cc4c(cc3Bc3c(-c5cccc6c5[nH]c5sc7ccccc7c56)cc(N(c5ccccc5)c5ccccc5)cc31)oc1ccccc14)C(C)(C)CCC2(C)C. The Balaban J connectivity index is 1.16. The highest BCUT2D eigenvalue weighted by molar-refractivity contribution is 7.25. The lowest BCUT2D eigenvalue weighted by Crippen LogP contribution is -2.41. The molecule has 4 heterocycles. The first kappa shape index (κ1) is 38.4. The van der Waals surface area contributed by atoms with Crippen LogP contribution in [0.1, 0.15) is 57.2 Å². The van der Waals surface area contributed by atoms with Crippen LogP contribution >= 0.6 is 11.3 Å². The molecule has 6 heteroatoms. The van der Waals surface area contributed by atoms with Crippen LogP contribution in [0.3, 0.4) is 0 Å². The van der Waals surface area contributed by atoms with Crippen LogP contribution in [-0.4, -0.2) is 12.3 Å². The van der Waals surface area contributed by atoms with E-state index in [1.54, 1.807) is 0 Å². The lowest BCUT2D eigenvalue weighted by Gasteiger charge is -2.44. The molecule has 314 valence electrons. The number of hydrogen-bond donors (Lipinski definition) is 1. The van der Waals surface area contributed by atoms with E-state index < -0.39 is 0 Å². The summed E-state index contributed by atoms with van der Waals surface area (Å²) in [5.41, 5.74) is 19.2. The third-order valence-electron chi connectivity index (χ3n) is 14.8. The van der Waals surface area contributed by atoms with Gasteiger partial charge >= 0.3 is 0 Å². The van der Waals surface area contributed by atoms with Gasteiger partial charge in [0.1, 0.15) is 16.0 Å². The van der Waals surface area contributed by atoms with Crippen molar-refractivity contribution in [2.75, 3.05) is 9.80 Å². The van der Waals surface area contributed by atoms with E-state index >= 15 is 0 Å². The number of hydrogen-bond acceptors (Lipinski definition) is 4. The zero-order chi connectivity index (χ0) is 43.8. The van der Waals surface area contributed by atoms with Gasteiger partial charge in [-0.25, -0.2) is 0 Å². The molecule has 3 aromatic heterocycles. The van der Waals surface area contributed by atoms with Crippen LogP contribution in [0.15, 0.2) is 168 Å². The highest BCUT2D eigenvalue weighted by Crippen LogP contribution is 2.51. The molecule has 0 atom stereocenters. The van der Waals surface area contributed by atoms with Gasteiger partial charge in [-0.2, -0.15) is 0 Å². The molecular weight excluding hydrogens is 810 g/mol. The fraction of sp³-hybridized carbons (Fsp3) is 0.153. The van der Waals surface area contributed by atoms with Crippen molar-refractivity contribution in [2.45, 2.75) is 58.3 Å². The third kappa shape index (κ3) is 5.82. The maximum atomic E-state index is 6.65. The lowest BCUT2D eigenvalue weighted by atomic mass is 9.58. The zero-order valence-electron chi connectivity index (χ0n) is 37.4. The summed E-state index contributed by atoms with van der Waals surface area (Å²) in [5.74, 6) is 0. The largest absolute Gasteiger partial charge is 0.456 e. The molecule has 1 aliphatic carbocycles. The van der Waals surface area contributed by atoms with Gasteiger partial charge in [0.2, 0.25) is 0 Å². The van der Waals surface area contributed by atoms with Gasteiger partial charge in [-0.05, 0) is 125 Å². The molecule has 0 radical (unpaired) electrons. The van der Waals surface area contributed by atoms with E-state index in [-0.39, 0.29) is 10.8 Å². The van der Waals surface area contributed by atoms with Gasteiger partial charge in [0.15, 0.2) is 7.28 Å². The van der Waals surface area contributed by atoms with Crippen molar-refractivity contribution in [3.8, 4) is 11.1 Å². The van der Waals surface area contributed by atoms with Crippen LogP contribution < -0.4 is 20.7 Å². The molecule has 1 N–H and O–H groups in total. The minimum Gasteiger partial charge on any atom is -0.456 e. The second-order valence-corrected chi connectivity index (χ2v) is 20.7. The highest BCUT2D eigenvalue weighted by atomic mass is 32.1. The van der Waals surface area contributed by atoms with Crippen LogP contribution in [0.2, 0.25) is 0 Å². The molecule has 4 nitrogen and oxygen atoms in total. The van der Waals surface area contributed by atoms with Crippen LogP contribution in [0, 0.1) is 6.92 Å². The van der Waals surface area contributed by atoms with Gasteiger partial charge in [-0.15, -0.1) is 11.3 Å². The number of rotatable bonds is 5. The second kappa shape index (κ2) is 14.0. The first-order chi connectivity index (χ1) is 31.6. The number of nitrogens with zero attached hydrogens (tertiary/aromatic N) is 2. The van der Waals surface area contributed by atoms with E-state index in [0.717, 1.165) is 52.7 Å². The van der Waals surface area contributed by atoms with E-state index in [1.807, 2.05) is 11.3 Å². The highest BCUT2D eigenvalue weighted by Gasteiger charge is 2.39. The lowest BCUT2D eigenvalue weighted by molar-refractivity contribution is 0.332. The molecule has 1 aliphatic heterocycles. The molecule has 0 fully saturated rings. The van der Waals surface area contributed by atoms with Crippen molar-refractivity contribution in [3.05, 3.63) is 180 Å². The minimum atomic E-state index is 0.0319. The number of aromatic amines is 1. The minimum absolute atomic E-state index is 0.0319. The molecule has 11 aromatic rings. The van der Waals surface area contributed by atoms with E-state index in [4.69, 9.17) is 4.42 Å². The number of aryl methyl sites for hydroxylation is 1. The third-order valence-corrected chi connectivity index (χ3v) is 15.9. The van der Waals surface area contributed by atoms with Crippen LogP contribution in [-0.2, 0) is 10.8 Å². The summed E-state index contributed by atoms with van der Waals surface area (Å²) in [7, 11) is 0.747. The average molecular weight is 858 g/mol. The fourth-order valence-electron chi connectivity index (χ4n) is 11.3. The van der Waals surface area contributed by atoms with Gasteiger partial charge < -0.3 is 19.2 Å². The molecule has 0 unspecified atom stereocenters. The number of H-pyrrole nitrogens is 1. The maximum absolute atomic E-state index is 6.65. The first-order valence-corrected chi connectivity index (χ1v) is 23.8. The Hall–Kier alpha value is -7.02. The van der Waals surface area contributed by atoms with Crippen molar-refractivity contribution in [1.29, 1.82) is 0 Å². The van der Waals surface area contributed by atoms with Crippen molar-refractivity contribution >= 4 is 117 Å². The van der Waals surface area contributed by atoms with Crippen molar-refractivity contribution in [2.24, 2.45) is 0 Å². The predicted octanol–water partition coefficient (Wildman–Crippen LogP) is 15.4. The number of para-hydroxylation sites is 4. The van der Waals surface area contributed by atoms with Crippen molar-refractivity contribution in [3.63, 3.8) is 0 Å². The summed E-state index contributed by atoms with van der Waals surface area (Å²) in [6, 6.07) is 60.6. The Bertz CT molecular complexity index is 3690. The molecule has 13 rings (SSSR count). The van der Waals surface area contributed by atoms with Crippen molar-refractivity contribution in [1.82, 2.24) is 4.98 Å². The quantitative estimate of drug-likeness (QED) is 0.175. The summed E-state index contributed by atoms with van der Waals surface area (Å²) in [6.07, 6.45) is 2.32. The Labute approximate surface area is 384 Å². The molecule has 0 bridgehead atoms. The Morgan fingerprint density at radius 3 is 1.98 bits per heavy atom. The zero-order valence-corrected chi connectivity index (χ0v) is 38.2. The standard InChI is InChI=1S/C59H48BN3OS/c1-35-29-45-46(59(4,5)28-27-58(45,2)3)33-48(35)63-49-32-43-39-21-12-14-25-51(39)64-52(43)34-47(49)60-55-44(40-23-16-24-42-54-41-22-13-15-26-53(41)65-57(54)61-56(40)42)30-38(31-50(55)63)62(36-17-8-6-9-18-36)37-19-10-7-11-20-37/h6-26,29-34,60-61H,27-28H2,1-5H3. The molecule has 8 aromatic carbocycles. The maximum Gasteiger partial charge on any atom is 0.198 e. The summed E-state index contributed by atoms with van der Waals surface area (Å²) >= 11 is 1.84. The van der Waals surface area contributed by atoms with Crippen molar-refractivity contribution < 1.29 is 4.42 Å². The molecule has 2 aliphatic rings. The van der Waals surface area contributed by atoms with Crippen LogP contribution in [0.25, 0.3) is 64.3 Å². The van der Waals surface area contributed by atoms with E-state index in [2.05, 4.69) is 213 Å². The summed E-state index contributed by atoms with van der Waals surface area (Å²) in [6.45, 7) is 12.1. The van der Waals surface area contributed by atoms with Gasteiger partial charge in [-0.3, -0.25) is 0 Å². The van der Waals surface area contributed by atoms with Crippen LogP contribution in [0.5, 0.6) is 0 Å². The molecule has 65 heavy (non-hydrogen) atoms. The Morgan fingerprint density at radius 1 is 0.569 bits per heavy atom. The van der Waals surface area contributed by atoms with Crippen LogP contribution in [0.4, 0.5) is 34.1 Å². The molecular formula is C59H48BN3OS. The van der Waals surface area contributed by atoms with Gasteiger partial charge in [0.25, 0.3) is 0 Å². The smallest absolute Gasteiger partial charge is 0.198 e. The molecule has 0 spiro atoms. The summed E-state index contributed by atoms with van der Waals surface area (Å²) in [5, 5.41) is 6.14. The monoisotopic (exact) mass is 857 g/mol. The second-order valence-electron chi connectivity index (χ2n) is 19.7. The summed E-state index contributed by atoms with van der Waals surface area (Å²) < 4.78 is 7.95. The summed E-state index contributed by atoms with van der Waals surface area (Å²) in [4.78, 5) is 10.2. The Morgan fingerprint density at radius 2 is 1.23 bits per heavy atom. The molecule has 0 amide bonds. The number of benzene rings is 8. The number of fused-ring (bicyclic) bond motifs is 11. The van der Waals surface area contributed by atoms with E-state index in [1.165, 1.54) is 93.4 Å². The number of nitrogens with one attached hydrogen (secondary N) is 1. The average Bonchev–Trinajstić information content (AvgIpc) is 3.99. The number of aromatic nitrogens is 1. The fourth-order valence-corrected chi connectivity index (χ4v) is 12.4. The van der Waals surface area contributed by atoms with E-state index in [9.17, 15) is 0 Å². The number of thiophene rings is 1. The normalized spacial score (nSPS) is 15.1. The first-order valence-electron chi connectivity index (χ1n) is 23.0. The van der Waals surface area contributed by atoms with E-state index in [0.29, 0.717) is 0 Å². The molecule has 0 saturated heterocycles. The molecule has 0 saturated carbocycles. The topological polar surface area (TPSA) is 35.4 Å². The van der Waals surface area contributed by atoms with Gasteiger partial charge in [0, 0.05) is 71.3 Å². The number of anilines is 6. The van der Waals surface area contributed by atoms with Gasteiger partial charge in [0.05, 0.1) is 5.52 Å². The Kier molecular flexibility index (Phi) is 8.28. The van der Waals surface area contributed by atoms with Gasteiger partial charge in [-0.1, -0.05) is 130 Å². The number of furan rings is 1.